The smallest absolute Gasteiger partial charge is 0.390 e. The van der Waals surface area contributed by atoms with Crippen LogP contribution in [0.25, 0.3) is 0 Å². The molecule has 0 saturated carbocycles. The minimum absolute atomic E-state index is 0.283. The Bertz CT molecular complexity index is 405. The third-order valence-corrected chi connectivity index (χ3v) is 2.10. The van der Waals surface area contributed by atoms with Crippen LogP contribution in [0.1, 0.15) is 28.9 Å². The normalized spacial score (nSPS) is 12.2. The van der Waals surface area contributed by atoms with Crippen molar-refractivity contribution in [3.63, 3.8) is 0 Å². The van der Waals surface area contributed by atoms with Crippen molar-refractivity contribution in [1.29, 1.82) is 0 Å². The standard InChI is InChI=1S/C9H9F5N2O/c10-8(11)4-1-5(9(12,13)14)7(3-17)16-6(4)2-15/h1,8,17H,2-3,15H2. The molecule has 8 heteroatoms. The highest BCUT2D eigenvalue weighted by Crippen LogP contribution is 2.34. The van der Waals surface area contributed by atoms with Crippen LogP contribution >= 0.6 is 0 Å². The average Bonchev–Trinajstić information content (AvgIpc) is 2.25. The Labute approximate surface area is 93.1 Å². The summed E-state index contributed by atoms with van der Waals surface area (Å²) in [6.07, 6.45) is -7.95. The number of rotatable bonds is 3. The molecule has 1 aromatic heterocycles. The summed E-state index contributed by atoms with van der Waals surface area (Å²) in [5.41, 5.74) is 1.82. The van der Waals surface area contributed by atoms with E-state index in [1.165, 1.54) is 0 Å². The first-order valence-electron chi connectivity index (χ1n) is 4.50. The van der Waals surface area contributed by atoms with E-state index in [0.29, 0.717) is 0 Å². The van der Waals surface area contributed by atoms with E-state index in [1.807, 2.05) is 0 Å². The van der Waals surface area contributed by atoms with Gasteiger partial charge in [0.1, 0.15) is 0 Å². The van der Waals surface area contributed by atoms with Gasteiger partial charge in [-0.15, -0.1) is 0 Å². The van der Waals surface area contributed by atoms with Gasteiger partial charge in [0.2, 0.25) is 0 Å². The summed E-state index contributed by atoms with van der Waals surface area (Å²) in [7, 11) is 0. The minimum atomic E-state index is -4.85. The summed E-state index contributed by atoms with van der Waals surface area (Å²) in [5.74, 6) is 0. The highest BCUT2D eigenvalue weighted by molar-refractivity contribution is 5.33. The lowest BCUT2D eigenvalue weighted by molar-refractivity contribution is -0.139. The molecule has 0 aliphatic rings. The third kappa shape index (κ3) is 2.89. The van der Waals surface area contributed by atoms with E-state index in [2.05, 4.69) is 4.98 Å². The molecule has 1 rings (SSSR count). The van der Waals surface area contributed by atoms with E-state index in [1.54, 1.807) is 0 Å². The van der Waals surface area contributed by atoms with Gasteiger partial charge in [-0.25, -0.2) is 8.78 Å². The van der Waals surface area contributed by atoms with Gasteiger partial charge in [-0.1, -0.05) is 0 Å². The summed E-state index contributed by atoms with van der Waals surface area (Å²) in [5, 5.41) is 8.74. The maximum Gasteiger partial charge on any atom is 0.418 e. The van der Waals surface area contributed by atoms with Crippen LogP contribution in [0, 0.1) is 0 Å². The zero-order chi connectivity index (χ0) is 13.2. The lowest BCUT2D eigenvalue weighted by atomic mass is 10.1. The zero-order valence-electron chi connectivity index (χ0n) is 8.43. The van der Waals surface area contributed by atoms with Crippen molar-refractivity contribution in [3.8, 4) is 0 Å². The van der Waals surface area contributed by atoms with Crippen molar-refractivity contribution in [3.05, 3.63) is 28.6 Å². The number of nitrogens with zero attached hydrogens (tertiary/aromatic N) is 1. The van der Waals surface area contributed by atoms with Crippen molar-refractivity contribution in [2.75, 3.05) is 0 Å². The van der Waals surface area contributed by atoms with Gasteiger partial charge in [0.05, 0.1) is 23.6 Å². The average molecular weight is 256 g/mol. The number of hydrogen-bond donors (Lipinski definition) is 2. The van der Waals surface area contributed by atoms with Gasteiger partial charge in [-0.2, -0.15) is 13.2 Å². The quantitative estimate of drug-likeness (QED) is 0.813. The molecule has 0 spiro atoms. The van der Waals surface area contributed by atoms with Crippen molar-refractivity contribution in [2.24, 2.45) is 5.73 Å². The molecule has 0 aliphatic heterocycles. The van der Waals surface area contributed by atoms with Crippen LogP contribution in [0.2, 0.25) is 0 Å². The first-order chi connectivity index (χ1) is 7.81. The van der Waals surface area contributed by atoms with Gasteiger partial charge >= 0.3 is 6.18 Å². The largest absolute Gasteiger partial charge is 0.418 e. The Kier molecular flexibility index (Phi) is 3.99. The lowest BCUT2D eigenvalue weighted by Crippen LogP contribution is -2.16. The molecule has 17 heavy (non-hydrogen) atoms. The molecule has 0 fully saturated rings. The van der Waals surface area contributed by atoms with Crippen LogP contribution in [0.15, 0.2) is 6.07 Å². The number of alkyl halides is 5. The molecular formula is C9H9F5N2O. The molecule has 0 amide bonds. The van der Waals surface area contributed by atoms with Gasteiger partial charge in [-0.3, -0.25) is 4.98 Å². The summed E-state index contributed by atoms with van der Waals surface area (Å²) in [6.45, 7) is -1.42. The Morgan fingerprint density at radius 2 is 1.88 bits per heavy atom. The number of nitrogens with two attached hydrogens (primary N) is 1. The molecule has 0 atom stereocenters. The van der Waals surface area contributed by atoms with Crippen LogP contribution in [0.3, 0.4) is 0 Å². The third-order valence-electron chi connectivity index (χ3n) is 2.10. The number of hydrogen-bond acceptors (Lipinski definition) is 3. The van der Waals surface area contributed by atoms with Gasteiger partial charge < -0.3 is 10.8 Å². The van der Waals surface area contributed by atoms with E-state index < -0.39 is 42.6 Å². The maximum absolute atomic E-state index is 12.5. The van der Waals surface area contributed by atoms with Crippen LogP contribution < -0.4 is 5.73 Å². The van der Waals surface area contributed by atoms with E-state index in [4.69, 9.17) is 10.8 Å². The van der Waals surface area contributed by atoms with E-state index in [0.717, 1.165) is 0 Å². The summed E-state index contributed by atoms with van der Waals surface area (Å²) < 4.78 is 62.4. The minimum Gasteiger partial charge on any atom is -0.390 e. The highest BCUT2D eigenvalue weighted by Gasteiger charge is 2.35. The number of halogens is 5. The summed E-state index contributed by atoms with van der Waals surface area (Å²) >= 11 is 0. The first-order valence-corrected chi connectivity index (χ1v) is 4.50. The summed E-state index contributed by atoms with van der Waals surface area (Å²) in [6, 6.07) is 0.283. The molecule has 96 valence electrons. The first kappa shape index (κ1) is 13.8. The molecular weight excluding hydrogens is 247 g/mol. The molecule has 0 aliphatic carbocycles. The van der Waals surface area contributed by atoms with Crippen LogP contribution in [0.5, 0.6) is 0 Å². The van der Waals surface area contributed by atoms with E-state index in [-0.39, 0.29) is 11.8 Å². The Morgan fingerprint density at radius 1 is 1.29 bits per heavy atom. The molecule has 1 heterocycles. The maximum atomic E-state index is 12.5. The van der Waals surface area contributed by atoms with Crippen molar-refractivity contribution >= 4 is 0 Å². The Morgan fingerprint density at radius 3 is 2.24 bits per heavy atom. The predicted octanol–water partition coefficient (Wildman–Crippen LogP) is 1.99. The van der Waals surface area contributed by atoms with Crippen molar-refractivity contribution in [1.82, 2.24) is 4.98 Å². The summed E-state index contributed by atoms with van der Waals surface area (Å²) in [4.78, 5) is 3.32. The van der Waals surface area contributed by atoms with E-state index >= 15 is 0 Å². The SMILES string of the molecule is NCc1nc(CO)c(C(F)(F)F)cc1C(F)F. The molecule has 0 saturated heterocycles. The molecule has 0 bridgehead atoms. The Balaban J connectivity index is 3.45. The van der Waals surface area contributed by atoms with Gasteiger partial charge in [0.25, 0.3) is 6.43 Å². The highest BCUT2D eigenvalue weighted by atomic mass is 19.4. The van der Waals surface area contributed by atoms with Gasteiger partial charge in [-0.05, 0) is 6.07 Å². The van der Waals surface area contributed by atoms with Gasteiger partial charge in [0, 0.05) is 12.1 Å². The number of pyridine rings is 1. The fraction of sp³-hybridized carbons (Fsp3) is 0.444. The van der Waals surface area contributed by atoms with Crippen LogP contribution in [0.4, 0.5) is 22.0 Å². The van der Waals surface area contributed by atoms with Crippen molar-refractivity contribution in [2.45, 2.75) is 25.8 Å². The number of aliphatic hydroxyl groups is 1. The van der Waals surface area contributed by atoms with Crippen LogP contribution in [-0.4, -0.2) is 10.1 Å². The van der Waals surface area contributed by atoms with Crippen molar-refractivity contribution < 1.29 is 27.1 Å². The number of aromatic nitrogens is 1. The van der Waals surface area contributed by atoms with E-state index in [9.17, 15) is 22.0 Å². The van der Waals surface area contributed by atoms with Gasteiger partial charge in [0.15, 0.2) is 0 Å². The topological polar surface area (TPSA) is 59.1 Å². The predicted molar refractivity (Wildman–Crippen MR) is 48.0 cm³/mol. The second-order valence-electron chi connectivity index (χ2n) is 3.18. The molecule has 3 N–H and O–H groups in total. The Hall–Kier alpha value is -1.28. The molecule has 3 nitrogen and oxygen atoms in total. The second kappa shape index (κ2) is 4.92. The monoisotopic (exact) mass is 256 g/mol. The zero-order valence-corrected chi connectivity index (χ0v) is 8.43. The molecule has 0 radical (unpaired) electrons. The fourth-order valence-corrected chi connectivity index (χ4v) is 1.33. The number of aliphatic hydroxyl groups excluding tert-OH is 1. The second-order valence-corrected chi connectivity index (χ2v) is 3.18. The van der Waals surface area contributed by atoms with Crippen LogP contribution in [-0.2, 0) is 19.3 Å². The fourth-order valence-electron chi connectivity index (χ4n) is 1.33. The lowest BCUT2D eigenvalue weighted by Gasteiger charge is -2.15. The molecule has 0 aromatic carbocycles. The molecule has 1 aromatic rings. The molecule has 0 unspecified atom stereocenters.